The van der Waals surface area contributed by atoms with Crippen molar-refractivity contribution >= 4 is 33.7 Å². The Balaban J connectivity index is 1.84. The number of rotatable bonds is 2. The molecule has 0 radical (unpaired) electrons. The van der Waals surface area contributed by atoms with Crippen molar-refractivity contribution in [2.45, 2.75) is 6.92 Å². The molecule has 0 saturated carbocycles. The van der Waals surface area contributed by atoms with E-state index in [1.807, 2.05) is 0 Å². The van der Waals surface area contributed by atoms with E-state index in [0.717, 1.165) is 0 Å². The first-order valence-electron chi connectivity index (χ1n) is 7.97. The molecule has 4 aromatic carbocycles. The summed E-state index contributed by atoms with van der Waals surface area (Å²) < 4.78 is 0. The van der Waals surface area contributed by atoms with Crippen LogP contribution in [0.25, 0.3) is 33.7 Å². The summed E-state index contributed by atoms with van der Waals surface area (Å²) in [6.45, 7) is 2.17. The van der Waals surface area contributed by atoms with Crippen LogP contribution in [0.3, 0.4) is 0 Å². The van der Waals surface area contributed by atoms with Crippen LogP contribution in [0.4, 0.5) is 0 Å². The van der Waals surface area contributed by atoms with E-state index in [9.17, 15) is 0 Å². The molecule has 0 unspecified atom stereocenters. The first kappa shape index (κ1) is 13.8. The third-order valence-electron chi connectivity index (χ3n) is 4.44. The van der Waals surface area contributed by atoms with Crippen molar-refractivity contribution in [1.82, 2.24) is 0 Å². The van der Waals surface area contributed by atoms with Gasteiger partial charge in [0.25, 0.3) is 0 Å². The third kappa shape index (κ3) is 2.53. The maximum absolute atomic E-state index is 2.23. The Labute approximate surface area is 136 Å². The Hall–Kier alpha value is -2.86. The number of hydrogen-bond acceptors (Lipinski definition) is 0. The molecule has 110 valence electrons. The summed E-state index contributed by atoms with van der Waals surface area (Å²) in [5.41, 5.74) is 3.84. The van der Waals surface area contributed by atoms with Crippen molar-refractivity contribution in [3.05, 3.63) is 95.6 Å². The normalized spacial score (nSPS) is 11.5. The topological polar surface area (TPSA) is 0 Å². The van der Waals surface area contributed by atoms with E-state index in [1.165, 1.54) is 38.2 Å². The molecule has 0 saturated heterocycles. The van der Waals surface area contributed by atoms with Gasteiger partial charge in [0.2, 0.25) is 0 Å². The number of benzene rings is 4. The number of aryl methyl sites for hydroxylation is 1. The van der Waals surface area contributed by atoms with E-state index >= 15 is 0 Å². The average Bonchev–Trinajstić information content (AvgIpc) is 2.61. The molecule has 0 heterocycles. The van der Waals surface area contributed by atoms with Crippen LogP contribution in [0.5, 0.6) is 0 Å². The Bertz CT molecular complexity index is 1020. The predicted octanol–water partition coefficient (Wildman–Crippen LogP) is 6.47. The van der Waals surface area contributed by atoms with E-state index in [1.54, 1.807) is 0 Å². The van der Waals surface area contributed by atoms with Gasteiger partial charge in [-0.2, -0.15) is 0 Å². The molecule has 4 aromatic rings. The van der Waals surface area contributed by atoms with Gasteiger partial charge < -0.3 is 0 Å². The summed E-state index contributed by atoms with van der Waals surface area (Å²) in [4.78, 5) is 0. The van der Waals surface area contributed by atoms with Crippen molar-refractivity contribution < 1.29 is 0 Å². The summed E-state index contributed by atoms with van der Waals surface area (Å²) >= 11 is 0. The lowest BCUT2D eigenvalue weighted by Gasteiger charge is -2.06. The molecule has 0 atom stereocenters. The highest BCUT2D eigenvalue weighted by atomic mass is 14.1. The van der Waals surface area contributed by atoms with Crippen LogP contribution in [-0.4, -0.2) is 0 Å². The molecule has 0 aromatic heterocycles. The van der Waals surface area contributed by atoms with Crippen molar-refractivity contribution in [3.63, 3.8) is 0 Å². The van der Waals surface area contributed by atoms with Gasteiger partial charge in [-0.25, -0.2) is 0 Å². The second kappa shape index (κ2) is 5.73. The fraction of sp³-hybridized carbons (Fsp3) is 0.0435. The highest BCUT2D eigenvalue weighted by Gasteiger charge is 2.01. The Morgan fingerprint density at radius 3 is 1.96 bits per heavy atom. The van der Waals surface area contributed by atoms with Crippen molar-refractivity contribution in [2.24, 2.45) is 0 Å². The van der Waals surface area contributed by atoms with E-state index in [4.69, 9.17) is 0 Å². The fourth-order valence-corrected chi connectivity index (χ4v) is 3.19. The zero-order valence-electron chi connectivity index (χ0n) is 13.2. The van der Waals surface area contributed by atoms with Gasteiger partial charge in [0.05, 0.1) is 0 Å². The molecule has 0 N–H and O–H groups in total. The van der Waals surface area contributed by atoms with Gasteiger partial charge in [-0.1, -0.05) is 91.0 Å². The molecular formula is C23H18. The lowest BCUT2D eigenvalue weighted by Crippen LogP contribution is -1.82. The van der Waals surface area contributed by atoms with E-state index < -0.39 is 0 Å². The summed E-state index contributed by atoms with van der Waals surface area (Å²) in [5, 5.41) is 5.21. The highest BCUT2D eigenvalue weighted by Crippen LogP contribution is 2.25. The van der Waals surface area contributed by atoms with Gasteiger partial charge in [0, 0.05) is 0 Å². The summed E-state index contributed by atoms with van der Waals surface area (Å²) in [6, 6.07) is 28.0. The minimum atomic E-state index is 1.26. The second-order valence-electron chi connectivity index (χ2n) is 5.92. The van der Waals surface area contributed by atoms with E-state index in [-0.39, 0.29) is 0 Å². The zero-order valence-corrected chi connectivity index (χ0v) is 13.2. The molecule has 0 spiro atoms. The summed E-state index contributed by atoms with van der Waals surface area (Å²) in [7, 11) is 0. The molecule has 0 amide bonds. The van der Waals surface area contributed by atoms with Gasteiger partial charge in [-0.3, -0.25) is 0 Å². The van der Waals surface area contributed by atoms with Crippen molar-refractivity contribution in [3.8, 4) is 0 Å². The van der Waals surface area contributed by atoms with E-state index in [0.29, 0.717) is 0 Å². The lowest BCUT2D eigenvalue weighted by molar-refractivity contribution is 1.52. The SMILES string of the molecule is Cc1ccc(C=Cc2cccc3ccccc23)c2ccccc12. The van der Waals surface area contributed by atoms with E-state index in [2.05, 4.69) is 97.9 Å². The van der Waals surface area contributed by atoms with Gasteiger partial charge >= 0.3 is 0 Å². The molecule has 0 nitrogen and oxygen atoms in total. The third-order valence-corrected chi connectivity index (χ3v) is 4.44. The first-order valence-corrected chi connectivity index (χ1v) is 7.97. The summed E-state index contributed by atoms with van der Waals surface area (Å²) in [5.74, 6) is 0. The maximum Gasteiger partial charge on any atom is -0.0109 e. The molecule has 0 aliphatic rings. The fourth-order valence-electron chi connectivity index (χ4n) is 3.19. The standard InChI is InChI=1S/C23H18/c1-17-13-14-20(23-12-5-4-10-21(17)23)16-15-19-9-6-8-18-7-2-3-11-22(18)19/h2-16H,1H3. The first-order chi connectivity index (χ1) is 11.3. The van der Waals surface area contributed by atoms with Crippen molar-refractivity contribution in [2.75, 3.05) is 0 Å². The van der Waals surface area contributed by atoms with Crippen LogP contribution in [0.15, 0.2) is 78.9 Å². The number of hydrogen-bond donors (Lipinski definition) is 0. The molecule has 0 bridgehead atoms. The van der Waals surface area contributed by atoms with Crippen LogP contribution in [0.2, 0.25) is 0 Å². The quantitative estimate of drug-likeness (QED) is 0.371. The minimum Gasteiger partial charge on any atom is -0.0616 e. The Kier molecular flexibility index (Phi) is 3.44. The molecule has 0 aliphatic heterocycles. The average molecular weight is 294 g/mol. The van der Waals surface area contributed by atoms with Crippen molar-refractivity contribution in [1.29, 1.82) is 0 Å². The minimum absolute atomic E-state index is 1.26. The summed E-state index contributed by atoms with van der Waals surface area (Å²) in [6.07, 6.45) is 4.45. The molecule has 23 heavy (non-hydrogen) atoms. The van der Waals surface area contributed by atoms with Gasteiger partial charge in [-0.05, 0) is 45.2 Å². The molecule has 0 heteroatoms. The lowest BCUT2D eigenvalue weighted by atomic mass is 9.98. The monoisotopic (exact) mass is 294 g/mol. The largest absolute Gasteiger partial charge is 0.0616 e. The van der Waals surface area contributed by atoms with Crippen LogP contribution in [0, 0.1) is 6.92 Å². The predicted molar refractivity (Wildman–Crippen MR) is 102 cm³/mol. The molecular weight excluding hydrogens is 276 g/mol. The highest BCUT2D eigenvalue weighted by molar-refractivity contribution is 5.97. The molecule has 4 rings (SSSR count). The Morgan fingerprint density at radius 1 is 0.522 bits per heavy atom. The second-order valence-corrected chi connectivity index (χ2v) is 5.92. The van der Waals surface area contributed by atoms with Crippen LogP contribution >= 0.6 is 0 Å². The van der Waals surface area contributed by atoms with Crippen LogP contribution < -0.4 is 0 Å². The Morgan fingerprint density at radius 2 is 1.13 bits per heavy atom. The number of fused-ring (bicyclic) bond motifs is 2. The van der Waals surface area contributed by atoms with Crippen LogP contribution in [0.1, 0.15) is 16.7 Å². The molecule has 0 fully saturated rings. The van der Waals surface area contributed by atoms with Gasteiger partial charge in [0.15, 0.2) is 0 Å². The maximum atomic E-state index is 2.23. The van der Waals surface area contributed by atoms with Crippen LogP contribution in [-0.2, 0) is 0 Å². The van der Waals surface area contributed by atoms with Gasteiger partial charge in [0.1, 0.15) is 0 Å². The zero-order chi connectivity index (χ0) is 15.6. The smallest absolute Gasteiger partial charge is 0.0109 e. The van der Waals surface area contributed by atoms with Gasteiger partial charge in [-0.15, -0.1) is 0 Å². The molecule has 0 aliphatic carbocycles.